The summed E-state index contributed by atoms with van der Waals surface area (Å²) in [6.45, 7) is 0. The van der Waals surface area contributed by atoms with Crippen LogP contribution in [-0.4, -0.2) is 5.75 Å². The molecular weight excluding hydrogens is 204 g/mol. The Morgan fingerprint density at radius 2 is 2.14 bits per heavy atom. The molecule has 0 saturated carbocycles. The summed E-state index contributed by atoms with van der Waals surface area (Å²) in [6.07, 6.45) is 0.778. The number of nitrogens with two attached hydrogens (primary N) is 1. The third kappa shape index (κ3) is 1.77. The monoisotopic (exact) mass is 215 g/mol. The van der Waals surface area contributed by atoms with E-state index in [9.17, 15) is 8.78 Å². The first-order chi connectivity index (χ1) is 6.68. The van der Waals surface area contributed by atoms with Gasteiger partial charge in [0.15, 0.2) is 0 Å². The minimum atomic E-state index is -0.538. The van der Waals surface area contributed by atoms with E-state index in [1.165, 1.54) is 6.07 Å². The maximum atomic E-state index is 13.4. The highest BCUT2D eigenvalue weighted by Crippen LogP contribution is 2.31. The summed E-state index contributed by atoms with van der Waals surface area (Å²) in [5.74, 6) is 0.486. The lowest BCUT2D eigenvalue weighted by Gasteiger charge is -2.12. The number of rotatable bonds is 0. The molecule has 0 unspecified atom stereocenters. The SMILES string of the molecule is N[C@H]1CCSCc2c(F)cc(F)cc21. The Balaban J connectivity index is 2.53. The molecule has 1 aliphatic rings. The average molecular weight is 215 g/mol. The van der Waals surface area contributed by atoms with Gasteiger partial charge in [0.1, 0.15) is 11.6 Å². The van der Waals surface area contributed by atoms with Crippen molar-refractivity contribution in [3.05, 3.63) is 34.9 Å². The fourth-order valence-electron chi connectivity index (χ4n) is 1.65. The van der Waals surface area contributed by atoms with Crippen molar-refractivity contribution in [3.63, 3.8) is 0 Å². The van der Waals surface area contributed by atoms with Crippen LogP contribution >= 0.6 is 11.8 Å². The molecule has 0 aliphatic carbocycles. The molecule has 14 heavy (non-hydrogen) atoms. The standard InChI is InChI=1S/C10H11F2NS/c11-6-3-7-8(9(12)4-6)5-14-2-1-10(7)13/h3-4,10H,1-2,5,13H2/t10-/m0/s1. The Morgan fingerprint density at radius 1 is 1.36 bits per heavy atom. The molecule has 2 rings (SSSR count). The molecule has 76 valence electrons. The third-order valence-corrected chi connectivity index (χ3v) is 3.43. The van der Waals surface area contributed by atoms with Gasteiger partial charge in [-0.1, -0.05) is 0 Å². The Hall–Kier alpha value is -0.610. The fourth-order valence-corrected chi connectivity index (χ4v) is 2.72. The quantitative estimate of drug-likeness (QED) is 0.720. The Morgan fingerprint density at radius 3 is 2.93 bits per heavy atom. The van der Waals surface area contributed by atoms with Crippen LogP contribution in [0, 0.1) is 11.6 Å². The van der Waals surface area contributed by atoms with E-state index in [2.05, 4.69) is 0 Å². The molecule has 0 aromatic heterocycles. The van der Waals surface area contributed by atoms with Crippen LogP contribution < -0.4 is 5.73 Å². The van der Waals surface area contributed by atoms with Crippen molar-refractivity contribution in [1.82, 2.24) is 0 Å². The molecule has 1 aliphatic heterocycles. The van der Waals surface area contributed by atoms with Crippen molar-refractivity contribution in [2.45, 2.75) is 18.2 Å². The number of halogens is 2. The summed E-state index contributed by atoms with van der Waals surface area (Å²) in [4.78, 5) is 0. The zero-order valence-corrected chi connectivity index (χ0v) is 8.41. The van der Waals surface area contributed by atoms with Gasteiger partial charge in [-0.3, -0.25) is 0 Å². The summed E-state index contributed by atoms with van der Waals surface area (Å²) in [5, 5.41) is 0. The van der Waals surface area contributed by atoms with Gasteiger partial charge in [0.25, 0.3) is 0 Å². The zero-order chi connectivity index (χ0) is 10.1. The van der Waals surface area contributed by atoms with Crippen LogP contribution in [0.5, 0.6) is 0 Å². The maximum absolute atomic E-state index is 13.4. The molecule has 4 heteroatoms. The molecule has 1 atom stereocenters. The van der Waals surface area contributed by atoms with E-state index < -0.39 is 11.6 Å². The average Bonchev–Trinajstić information content (AvgIpc) is 2.29. The summed E-state index contributed by atoms with van der Waals surface area (Å²) < 4.78 is 26.3. The van der Waals surface area contributed by atoms with Gasteiger partial charge in [-0.15, -0.1) is 0 Å². The predicted octanol–water partition coefficient (Wildman–Crippen LogP) is 2.60. The molecule has 1 nitrogen and oxygen atoms in total. The lowest BCUT2D eigenvalue weighted by atomic mass is 9.99. The highest BCUT2D eigenvalue weighted by molar-refractivity contribution is 7.98. The van der Waals surface area contributed by atoms with Gasteiger partial charge in [0.05, 0.1) is 0 Å². The lowest BCUT2D eigenvalue weighted by Crippen LogP contribution is -2.12. The highest BCUT2D eigenvalue weighted by Gasteiger charge is 2.19. The largest absolute Gasteiger partial charge is 0.324 e. The molecule has 2 N–H and O–H groups in total. The number of benzene rings is 1. The first kappa shape index (κ1) is 9.93. The topological polar surface area (TPSA) is 26.0 Å². The zero-order valence-electron chi connectivity index (χ0n) is 7.59. The first-order valence-electron chi connectivity index (χ1n) is 4.49. The van der Waals surface area contributed by atoms with Crippen LogP contribution in [0.2, 0.25) is 0 Å². The number of thioether (sulfide) groups is 1. The molecule has 0 radical (unpaired) electrons. The fraction of sp³-hybridized carbons (Fsp3) is 0.400. The van der Waals surface area contributed by atoms with Crippen molar-refractivity contribution in [3.8, 4) is 0 Å². The van der Waals surface area contributed by atoms with Crippen molar-refractivity contribution in [1.29, 1.82) is 0 Å². The van der Waals surface area contributed by atoms with E-state index >= 15 is 0 Å². The van der Waals surface area contributed by atoms with Crippen LogP contribution in [0.25, 0.3) is 0 Å². The van der Waals surface area contributed by atoms with Gasteiger partial charge < -0.3 is 5.73 Å². The van der Waals surface area contributed by atoms with Gasteiger partial charge in [0, 0.05) is 23.4 Å². The predicted molar refractivity (Wildman–Crippen MR) is 54.1 cm³/mol. The summed E-state index contributed by atoms with van der Waals surface area (Å²) in [7, 11) is 0. The van der Waals surface area contributed by atoms with E-state index in [1.807, 2.05) is 0 Å². The molecule has 1 aromatic carbocycles. The van der Waals surface area contributed by atoms with E-state index in [0.29, 0.717) is 16.9 Å². The highest BCUT2D eigenvalue weighted by atomic mass is 32.2. The Kier molecular flexibility index (Phi) is 2.74. The summed E-state index contributed by atoms with van der Waals surface area (Å²) in [6, 6.07) is 2.05. The molecule has 0 spiro atoms. The smallest absolute Gasteiger partial charge is 0.130 e. The minimum Gasteiger partial charge on any atom is -0.324 e. The molecule has 0 fully saturated rings. The molecule has 0 amide bonds. The number of fused-ring (bicyclic) bond motifs is 1. The first-order valence-corrected chi connectivity index (χ1v) is 5.65. The second-order valence-electron chi connectivity index (χ2n) is 3.40. The Labute approximate surface area is 85.7 Å². The van der Waals surface area contributed by atoms with Gasteiger partial charge in [-0.2, -0.15) is 11.8 Å². The molecule has 0 bridgehead atoms. The third-order valence-electron chi connectivity index (χ3n) is 2.41. The van der Waals surface area contributed by atoms with Gasteiger partial charge in [-0.05, 0) is 23.8 Å². The molecule has 0 saturated heterocycles. The van der Waals surface area contributed by atoms with Gasteiger partial charge >= 0.3 is 0 Å². The summed E-state index contributed by atoms with van der Waals surface area (Å²) >= 11 is 1.64. The van der Waals surface area contributed by atoms with Crippen LogP contribution in [0.1, 0.15) is 23.6 Å². The van der Waals surface area contributed by atoms with Crippen LogP contribution in [0.3, 0.4) is 0 Å². The molecular formula is C10H11F2NS. The summed E-state index contributed by atoms with van der Waals surface area (Å²) in [5.41, 5.74) is 7.04. The van der Waals surface area contributed by atoms with Crippen molar-refractivity contribution < 1.29 is 8.78 Å². The maximum Gasteiger partial charge on any atom is 0.130 e. The molecule has 1 heterocycles. The second kappa shape index (κ2) is 3.87. The molecule has 1 aromatic rings. The lowest BCUT2D eigenvalue weighted by molar-refractivity contribution is 0.565. The van der Waals surface area contributed by atoms with Crippen molar-refractivity contribution in [2.24, 2.45) is 5.73 Å². The van der Waals surface area contributed by atoms with Crippen LogP contribution in [-0.2, 0) is 5.75 Å². The van der Waals surface area contributed by atoms with Crippen LogP contribution in [0.15, 0.2) is 12.1 Å². The normalized spacial score (nSPS) is 21.5. The van der Waals surface area contributed by atoms with Crippen LogP contribution in [0.4, 0.5) is 8.78 Å². The van der Waals surface area contributed by atoms with E-state index in [4.69, 9.17) is 5.73 Å². The Bertz CT molecular complexity index is 354. The van der Waals surface area contributed by atoms with Crippen molar-refractivity contribution >= 4 is 11.8 Å². The van der Waals surface area contributed by atoms with Gasteiger partial charge in [-0.25, -0.2) is 8.78 Å². The van der Waals surface area contributed by atoms with Gasteiger partial charge in [0.2, 0.25) is 0 Å². The number of hydrogen-bond donors (Lipinski definition) is 1. The second-order valence-corrected chi connectivity index (χ2v) is 4.51. The van der Waals surface area contributed by atoms with E-state index in [0.717, 1.165) is 18.2 Å². The number of hydrogen-bond acceptors (Lipinski definition) is 2. The minimum absolute atomic E-state index is 0.231. The van der Waals surface area contributed by atoms with E-state index in [1.54, 1.807) is 11.8 Å². The van der Waals surface area contributed by atoms with Crippen molar-refractivity contribution in [2.75, 3.05) is 5.75 Å². The van der Waals surface area contributed by atoms with E-state index in [-0.39, 0.29) is 6.04 Å².